The van der Waals surface area contributed by atoms with E-state index in [2.05, 4.69) is 5.32 Å². The van der Waals surface area contributed by atoms with E-state index < -0.39 is 23.7 Å². The SMILES string of the molecule is COc1cc([C@H](C(=O)NC2CCCC2)N(C(=O)c2ccco2)c2cccc(F)c2)cc(OC)c1OC. The lowest BCUT2D eigenvalue weighted by atomic mass is 10.0. The molecule has 190 valence electrons. The molecule has 1 N–H and O–H groups in total. The third-order valence-corrected chi connectivity index (χ3v) is 6.25. The summed E-state index contributed by atoms with van der Waals surface area (Å²) in [4.78, 5) is 28.9. The first-order valence-electron chi connectivity index (χ1n) is 11.7. The molecule has 2 aromatic carbocycles. The summed E-state index contributed by atoms with van der Waals surface area (Å²) in [5.41, 5.74) is 0.584. The highest BCUT2D eigenvalue weighted by atomic mass is 19.1. The summed E-state index contributed by atoms with van der Waals surface area (Å²) in [6.45, 7) is 0. The van der Waals surface area contributed by atoms with Crippen molar-refractivity contribution in [3.63, 3.8) is 0 Å². The van der Waals surface area contributed by atoms with Crippen LogP contribution in [-0.4, -0.2) is 39.2 Å². The number of rotatable bonds is 9. The van der Waals surface area contributed by atoms with Crippen LogP contribution in [0.15, 0.2) is 59.2 Å². The average Bonchev–Trinajstić information content (AvgIpc) is 3.60. The number of methoxy groups -OCH3 is 3. The molecule has 1 aliphatic carbocycles. The zero-order valence-corrected chi connectivity index (χ0v) is 20.5. The normalized spacial score (nSPS) is 14.2. The monoisotopic (exact) mass is 496 g/mol. The first-order valence-corrected chi connectivity index (χ1v) is 11.7. The molecule has 3 aromatic rings. The highest BCUT2D eigenvalue weighted by Crippen LogP contribution is 2.42. The Balaban J connectivity index is 1.90. The van der Waals surface area contributed by atoms with Gasteiger partial charge in [-0.05, 0) is 60.9 Å². The lowest BCUT2D eigenvalue weighted by molar-refractivity contribution is -0.123. The number of hydrogen-bond acceptors (Lipinski definition) is 6. The van der Waals surface area contributed by atoms with Crippen LogP contribution in [0.2, 0.25) is 0 Å². The van der Waals surface area contributed by atoms with Crippen molar-refractivity contribution in [3.8, 4) is 17.2 Å². The average molecular weight is 497 g/mol. The fourth-order valence-corrected chi connectivity index (χ4v) is 4.56. The van der Waals surface area contributed by atoms with Crippen molar-refractivity contribution in [1.29, 1.82) is 0 Å². The van der Waals surface area contributed by atoms with Crippen molar-refractivity contribution in [3.05, 3.63) is 71.9 Å². The molecule has 1 heterocycles. The van der Waals surface area contributed by atoms with Crippen LogP contribution in [0.25, 0.3) is 0 Å². The number of anilines is 1. The lowest BCUT2D eigenvalue weighted by Gasteiger charge is -2.32. The molecule has 0 bridgehead atoms. The van der Waals surface area contributed by atoms with Crippen LogP contribution in [0.3, 0.4) is 0 Å². The molecule has 0 saturated heterocycles. The van der Waals surface area contributed by atoms with E-state index in [0.29, 0.717) is 22.8 Å². The molecule has 0 radical (unpaired) electrons. The Labute approximate surface area is 208 Å². The number of benzene rings is 2. The van der Waals surface area contributed by atoms with Crippen LogP contribution in [0.4, 0.5) is 10.1 Å². The minimum atomic E-state index is -1.20. The maximum absolute atomic E-state index is 14.3. The molecule has 8 nitrogen and oxygen atoms in total. The number of nitrogens with one attached hydrogen (secondary N) is 1. The molecule has 1 saturated carbocycles. The molecule has 1 aliphatic rings. The van der Waals surface area contributed by atoms with Crippen molar-refractivity contribution >= 4 is 17.5 Å². The number of nitrogens with zero attached hydrogens (tertiary/aromatic N) is 1. The zero-order valence-electron chi connectivity index (χ0n) is 20.5. The van der Waals surface area contributed by atoms with Crippen molar-refractivity contribution < 1.29 is 32.6 Å². The molecule has 9 heteroatoms. The fraction of sp³-hybridized carbons (Fsp3) is 0.333. The standard InChI is InChI=1S/C27H29FN2O6/c1-33-22-14-17(15-23(34-2)25(22)35-3)24(26(31)29-19-9-4-5-10-19)30(20-11-6-8-18(28)16-20)27(32)21-12-7-13-36-21/h6-8,11-16,19,24H,4-5,9-10H2,1-3H3,(H,29,31)/t24-/m1/s1. The second-order valence-electron chi connectivity index (χ2n) is 8.48. The van der Waals surface area contributed by atoms with Gasteiger partial charge in [0.15, 0.2) is 17.3 Å². The summed E-state index contributed by atoms with van der Waals surface area (Å²) < 4.78 is 36.1. The van der Waals surface area contributed by atoms with E-state index in [1.54, 1.807) is 24.3 Å². The fourth-order valence-electron chi connectivity index (χ4n) is 4.56. The van der Waals surface area contributed by atoms with Crippen molar-refractivity contribution in [2.45, 2.75) is 37.8 Å². The maximum atomic E-state index is 14.3. The van der Waals surface area contributed by atoms with Gasteiger partial charge in [-0.25, -0.2) is 4.39 Å². The lowest BCUT2D eigenvalue weighted by Crippen LogP contribution is -2.46. The van der Waals surface area contributed by atoms with Crippen LogP contribution in [0, 0.1) is 5.82 Å². The summed E-state index contributed by atoms with van der Waals surface area (Å²) in [5, 5.41) is 3.08. The zero-order chi connectivity index (χ0) is 25.7. The Morgan fingerprint density at radius 3 is 2.25 bits per heavy atom. The minimum Gasteiger partial charge on any atom is -0.493 e. The molecular formula is C27H29FN2O6. The number of halogens is 1. The molecule has 1 fully saturated rings. The highest BCUT2D eigenvalue weighted by molar-refractivity contribution is 6.08. The number of furan rings is 1. The molecular weight excluding hydrogens is 467 g/mol. The quantitative estimate of drug-likeness (QED) is 0.454. The van der Waals surface area contributed by atoms with E-state index >= 15 is 0 Å². The van der Waals surface area contributed by atoms with Gasteiger partial charge in [-0.3, -0.25) is 14.5 Å². The summed E-state index contributed by atoms with van der Waals surface area (Å²) >= 11 is 0. The molecule has 1 aromatic heterocycles. The highest BCUT2D eigenvalue weighted by Gasteiger charge is 2.37. The van der Waals surface area contributed by atoms with Gasteiger partial charge in [0.05, 0.1) is 27.6 Å². The van der Waals surface area contributed by atoms with Crippen LogP contribution >= 0.6 is 0 Å². The van der Waals surface area contributed by atoms with E-state index in [9.17, 15) is 14.0 Å². The van der Waals surface area contributed by atoms with Gasteiger partial charge in [-0.15, -0.1) is 0 Å². The molecule has 4 rings (SSSR count). The second-order valence-corrected chi connectivity index (χ2v) is 8.48. The predicted molar refractivity (Wildman–Crippen MR) is 131 cm³/mol. The van der Waals surface area contributed by atoms with Gasteiger partial charge in [0.2, 0.25) is 11.7 Å². The number of ether oxygens (including phenoxy) is 3. The van der Waals surface area contributed by atoms with E-state index in [1.807, 2.05) is 0 Å². The molecule has 36 heavy (non-hydrogen) atoms. The van der Waals surface area contributed by atoms with Gasteiger partial charge in [-0.2, -0.15) is 0 Å². The van der Waals surface area contributed by atoms with Gasteiger partial charge < -0.3 is 23.9 Å². The molecule has 0 unspecified atom stereocenters. The molecule has 0 spiro atoms. The number of hydrogen-bond donors (Lipinski definition) is 1. The van der Waals surface area contributed by atoms with Gasteiger partial charge in [0.1, 0.15) is 11.9 Å². The Bertz CT molecular complexity index is 1180. The van der Waals surface area contributed by atoms with Crippen molar-refractivity contribution in [2.24, 2.45) is 0 Å². The van der Waals surface area contributed by atoms with Crippen LogP contribution in [-0.2, 0) is 4.79 Å². The van der Waals surface area contributed by atoms with Crippen LogP contribution in [0.5, 0.6) is 17.2 Å². The maximum Gasteiger partial charge on any atom is 0.294 e. The third-order valence-electron chi connectivity index (χ3n) is 6.25. The van der Waals surface area contributed by atoms with Crippen molar-refractivity contribution in [1.82, 2.24) is 5.32 Å². The summed E-state index contributed by atoms with van der Waals surface area (Å²) in [6, 6.07) is 10.6. The third kappa shape index (κ3) is 5.15. The van der Waals surface area contributed by atoms with Gasteiger partial charge >= 0.3 is 0 Å². The summed E-state index contributed by atoms with van der Waals surface area (Å²) in [5.74, 6) is -0.597. The van der Waals surface area contributed by atoms with E-state index in [1.165, 1.54) is 56.8 Å². The van der Waals surface area contributed by atoms with E-state index in [0.717, 1.165) is 25.7 Å². The topological polar surface area (TPSA) is 90.2 Å². The van der Waals surface area contributed by atoms with E-state index in [-0.39, 0.29) is 17.5 Å². The number of carbonyl (C=O) groups excluding carboxylic acids is 2. The van der Waals surface area contributed by atoms with Crippen molar-refractivity contribution in [2.75, 3.05) is 26.2 Å². The Morgan fingerprint density at radius 1 is 1.00 bits per heavy atom. The summed E-state index contributed by atoms with van der Waals surface area (Å²) in [6.07, 6.45) is 5.08. The van der Waals surface area contributed by atoms with Gasteiger partial charge in [-0.1, -0.05) is 18.9 Å². The number of carbonyl (C=O) groups is 2. The van der Waals surface area contributed by atoms with Crippen LogP contribution in [0.1, 0.15) is 47.8 Å². The first-order chi connectivity index (χ1) is 17.5. The van der Waals surface area contributed by atoms with Crippen LogP contribution < -0.4 is 24.4 Å². The molecule has 2 amide bonds. The molecule has 1 atom stereocenters. The van der Waals surface area contributed by atoms with Gasteiger partial charge in [0.25, 0.3) is 5.91 Å². The smallest absolute Gasteiger partial charge is 0.294 e. The first kappa shape index (κ1) is 25.1. The van der Waals surface area contributed by atoms with E-state index in [4.69, 9.17) is 18.6 Å². The Kier molecular flexibility index (Phi) is 7.77. The minimum absolute atomic E-state index is 0.00497. The van der Waals surface area contributed by atoms with Gasteiger partial charge in [0, 0.05) is 11.7 Å². The predicted octanol–water partition coefficient (Wildman–Crippen LogP) is 4.89. The number of amides is 2. The Morgan fingerprint density at radius 2 is 1.69 bits per heavy atom. The molecule has 0 aliphatic heterocycles. The largest absolute Gasteiger partial charge is 0.493 e. The Hall–Kier alpha value is -4.01. The summed E-state index contributed by atoms with van der Waals surface area (Å²) in [7, 11) is 4.41. The second kappa shape index (κ2) is 11.2.